The van der Waals surface area contributed by atoms with Gasteiger partial charge in [-0.25, -0.2) is 0 Å². The molecule has 0 fully saturated rings. The van der Waals surface area contributed by atoms with Crippen molar-refractivity contribution in [1.29, 1.82) is 0 Å². The van der Waals surface area contributed by atoms with Crippen molar-refractivity contribution in [1.82, 2.24) is 0 Å². The van der Waals surface area contributed by atoms with E-state index in [1.807, 2.05) is 0 Å². The van der Waals surface area contributed by atoms with Gasteiger partial charge in [0.15, 0.2) is 0 Å². The maximum atomic E-state index is 2.47. The molecule has 0 radical (unpaired) electrons. The highest BCUT2D eigenvalue weighted by Gasteiger charge is 2.21. The van der Waals surface area contributed by atoms with E-state index in [1.165, 1.54) is 62.7 Å². The van der Waals surface area contributed by atoms with E-state index in [4.69, 9.17) is 0 Å². The fraction of sp³-hybridized carbons (Fsp3) is 0.111. The van der Waals surface area contributed by atoms with Gasteiger partial charge in [0.25, 0.3) is 0 Å². The molecule has 6 rings (SSSR count). The minimum atomic E-state index is 1.19. The van der Waals surface area contributed by atoms with E-state index in [-0.39, 0.29) is 0 Å². The number of benzene rings is 5. The third-order valence-electron chi connectivity index (χ3n) is 6.18. The Hall–Kier alpha value is -3.12. The lowest BCUT2D eigenvalue weighted by Crippen LogP contribution is -1.93. The molecule has 27 heavy (non-hydrogen) atoms. The second-order valence-corrected chi connectivity index (χ2v) is 7.65. The first-order chi connectivity index (χ1) is 13.4. The molecule has 0 N–H and O–H groups in total. The van der Waals surface area contributed by atoms with Crippen LogP contribution in [0.2, 0.25) is 0 Å². The van der Waals surface area contributed by atoms with Gasteiger partial charge in [0.1, 0.15) is 0 Å². The Morgan fingerprint density at radius 2 is 1.26 bits per heavy atom. The SMILES string of the molecule is c1ccc2c(-c3c4c(cc5c3ccc3ccccc35)CCC4)cccc2c1. The summed E-state index contributed by atoms with van der Waals surface area (Å²) in [4.78, 5) is 0. The lowest BCUT2D eigenvalue weighted by atomic mass is 9.87. The molecule has 1 aliphatic rings. The van der Waals surface area contributed by atoms with E-state index in [9.17, 15) is 0 Å². The van der Waals surface area contributed by atoms with Crippen LogP contribution in [0, 0.1) is 0 Å². The van der Waals surface area contributed by atoms with E-state index < -0.39 is 0 Å². The molecule has 0 heterocycles. The summed E-state index contributed by atoms with van der Waals surface area (Å²) < 4.78 is 0. The normalized spacial score (nSPS) is 13.5. The topological polar surface area (TPSA) is 0 Å². The first-order valence-corrected chi connectivity index (χ1v) is 9.84. The first-order valence-electron chi connectivity index (χ1n) is 9.84. The van der Waals surface area contributed by atoms with Gasteiger partial charge in [0.05, 0.1) is 0 Å². The zero-order valence-electron chi connectivity index (χ0n) is 15.2. The van der Waals surface area contributed by atoms with Crippen LogP contribution in [0.25, 0.3) is 43.4 Å². The van der Waals surface area contributed by atoms with Crippen LogP contribution in [0.15, 0.2) is 84.9 Å². The van der Waals surface area contributed by atoms with Gasteiger partial charge in [-0.05, 0) is 73.8 Å². The van der Waals surface area contributed by atoms with Crippen LogP contribution in [0.4, 0.5) is 0 Å². The standard InChI is InChI=1S/C27H20/c1-3-11-21-18(7-1)9-5-14-24(21)27-23-13-6-10-20(23)17-26-22-12-4-2-8-19(22)15-16-25(26)27/h1-5,7-9,11-12,14-17H,6,10,13H2. The van der Waals surface area contributed by atoms with Crippen molar-refractivity contribution in [3.8, 4) is 11.1 Å². The molecular formula is C27H20. The van der Waals surface area contributed by atoms with Gasteiger partial charge in [-0.1, -0.05) is 84.9 Å². The van der Waals surface area contributed by atoms with Crippen LogP contribution < -0.4 is 0 Å². The minimum absolute atomic E-state index is 1.19. The fourth-order valence-electron chi connectivity index (χ4n) is 4.97. The largest absolute Gasteiger partial charge is 0.0616 e. The summed E-state index contributed by atoms with van der Waals surface area (Å²) in [5, 5.41) is 8.16. The Balaban J connectivity index is 1.82. The van der Waals surface area contributed by atoms with Crippen molar-refractivity contribution in [2.75, 3.05) is 0 Å². The quantitative estimate of drug-likeness (QED) is 0.280. The van der Waals surface area contributed by atoms with Crippen LogP contribution in [-0.4, -0.2) is 0 Å². The van der Waals surface area contributed by atoms with Gasteiger partial charge in [0, 0.05) is 0 Å². The van der Waals surface area contributed by atoms with Gasteiger partial charge >= 0.3 is 0 Å². The molecule has 0 saturated heterocycles. The monoisotopic (exact) mass is 344 g/mol. The van der Waals surface area contributed by atoms with Gasteiger partial charge < -0.3 is 0 Å². The molecule has 0 bridgehead atoms. The minimum Gasteiger partial charge on any atom is -0.0616 e. The van der Waals surface area contributed by atoms with E-state index in [0.717, 1.165) is 0 Å². The van der Waals surface area contributed by atoms with Crippen molar-refractivity contribution in [2.45, 2.75) is 19.3 Å². The van der Waals surface area contributed by atoms with Crippen molar-refractivity contribution >= 4 is 32.3 Å². The molecule has 0 atom stereocenters. The lowest BCUT2D eigenvalue weighted by molar-refractivity contribution is 0.912. The summed E-state index contributed by atoms with van der Waals surface area (Å²) >= 11 is 0. The second-order valence-electron chi connectivity index (χ2n) is 7.65. The summed E-state index contributed by atoms with van der Waals surface area (Å²) in [7, 11) is 0. The van der Waals surface area contributed by atoms with Gasteiger partial charge in [-0.15, -0.1) is 0 Å². The zero-order chi connectivity index (χ0) is 17.8. The van der Waals surface area contributed by atoms with E-state index in [2.05, 4.69) is 84.9 Å². The third kappa shape index (κ3) is 2.16. The van der Waals surface area contributed by atoms with Crippen LogP contribution in [0.3, 0.4) is 0 Å². The molecule has 0 aromatic heterocycles. The number of aryl methyl sites for hydroxylation is 1. The Kier molecular flexibility index (Phi) is 3.16. The molecule has 0 unspecified atom stereocenters. The van der Waals surface area contributed by atoms with Crippen LogP contribution in [0.5, 0.6) is 0 Å². The highest BCUT2D eigenvalue weighted by atomic mass is 14.2. The summed E-state index contributed by atoms with van der Waals surface area (Å²) in [6.07, 6.45) is 3.66. The van der Waals surface area contributed by atoms with E-state index in [1.54, 1.807) is 11.1 Å². The predicted molar refractivity (Wildman–Crippen MR) is 116 cm³/mol. The molecule has 1 aliphatic carbocycles. The number of rotatable bonds is 1. The summed E-state index contributed by atoms with van der Waals surface area (Å²) in [6, 6.07) is 31.4. The van der Waals surface area contributed by atoms with Crippen molar-refractivity contribution in [2.24, 2.45) is 0 Å². The van der Waals surface area contributed by atoms with Gasteiger partial charge in [-0.2, -0.15) is 0 Å². The summed E-state index contributed by atoms with van der Waals surface area (Å²) in [6.45, 7) is 0. The second kappa shape index (κ2) is 5.69. The lowest BCUT2D eigenvalue weighted by Gasteiger charge is -2.17. The fourth-order valence-corrected chi connectivity index (χ4v) is 4.97. The number of fused-ring (bicyclic) bond motifs is 5. The van der Waals surface area contributed by atoms with E-state index in [0.29, 0.717) is 0 Å². The average Bonchev–Trinajstić information content (AvgIpc) is 3.20. The molecule has 0 nitrogen and oxygen atoms in total. The molecule has 5 aromatic rings. The smallest absolute Gasteiger partial charge is 0.00641 e. The molecule has 0 saturated carbocycles. The molecule has 0 amide bonds. The van der Waals surface area contributed by atoms with Crippen LogP contribution >= 0.6 is 0 Å². The van der Waals surface area contributed by atoms with Crippen molar-refractivity contribution in [3.05, 3.63) is 96.1 Å². The van der Waals surface area contributed by atoms with Gasteiger partial charge in [0.2, 0.25) is 0 Å². The first kappa shape index (κ1) is 15.0. The molecule has 128 valence electrons. The highest BCUT2D eigenvalue weighted by Crippen LogP contribution is 2.43. The van der Waals surface area contributed by atoms with E-state index >= 15 is 0 Å². The Morgan fingerprint density at radius 1 is 0.519 bits per heavy atom. The Morgan fingerprint density at radius 3 is 2.15 bits per heavy atom. The molecule has 0 heteroatoms. The third-order valence-corrected chi connectivity index (χ3v) is 6.18. The molecule has 0 spiro atoms. The maximum Gasteiger partial charge on any atom is -0.00641 e. The number of hydrogen-bond donors (Lipinski definition) is 0. The average molecular weight is 344 g/mol. The molecule has 0 aliphatic heterocycles. The van der Waals surface area contributed by atoms with Crippen LogP contribution in [-0.2, 0) is 12.8 Å². The molecule has 5 aromatic carbocycles. The van der Waals surface area contributed by atoms with Crippen LogP contribution in [0.1, 0.15) is 17.5 Å². The highest BCUT2D eigenvalue weighted by molar-refractivity contribution is 6.15. The summed E-state index contributed by atoms with van der Waals surface area (Å²) in [5.41, 5.74) is 5.95. The zero-order valence-corrected chi connectivity index (χ0v) is 15.2. The Bertz CT molecular complexity index is 1340. The van der Waals surface area contributed by atoms with Crippen molar-refractivity contribution in [3.63, 3.8) is 0 Å². The molecular weight excluding hydrogens is 324 g/mol. The predicted octanol–water partition coefficient (Wildman–Crippen LogP) is 7.30. The Labute approximate surface area is 159 Å². The number of hydrogen-bond acceptors (Lipinski definition) is 0. The van der Waals surface area contributed by atoms with Gasteiger partial charge in [-0.3, -0.25) is 0 Å². The summed E-state index contributed by atoms with van der Waals surface area (Å²) in [5.74, 6) is 0. The van der Waals surface area contributed by atoms with Crippen molar-refractivity contribution < 1.29 is 0 Å². The maximum absolute atomic E-state index is 2.47.